The van der Waals surface area contributed by atoms with Gasteiger partial charge in [0.1, 0.15) is 17.4 Å². The number of aliphatic hydroxyl groups excluding tert-OH is 2. The van der Waals surface area contributed by atoms with Crippen molar-refractivity contribution in [3.8, 4) is 5.75 Å². The number of aliphatic hydroxyl groups is 3. The summed E-state index contributed by atoms with van der Waals surface area (Å²) in [6.07, 6.45) is -2.93. The van der Waals surface area contributed by atoms with Gasteiger partial charge in [-0.2, -0.15) is 0 Å². The second kappa shape index (κ2) is 8.41. The molecule has 0 bridgehead atoms. The Morgan fingerprint density at radius 3 is 2.47 bits per heavy atom. The molecule has 2 aromatic carbocycles. The molecule has 0 spiro atoms. The maximum Gasteiger partial charge on any atom is 0.230 e. The van der Waals surface area contributed by atoms with E-state index in [1.165, 1.54) is 6.07 Å². The van der Waals surface area contributed by atoms with E-state index in [9.17, 15) is 34.8 Å². The van der Waals surface area contributed by atoms with Crippen LogP contribution in [0, 0.1) is 17.8 Å². The molecule has 1 amide bonds. The van der Waals surface area contributed by atoms with Gasteiger partial charge in [0.25, 0.3) is 0 Å². The van der Waals surface area contributed by atoms with Crippen LogP contribution in [0.3, 0.4) is 0 Å². The average Bonchev–Trinajstić information content (AvgIpc) is 2.84. The summed E-state index contributed by atoms with van der Waals surface area (Å²) in [6, 6.07) is 13.5. The van der Waals surface area contributed by atoms with Crippen molar-refractivity contribution in [3.05, 3.63) is 83.1 Å². The monoisotopic (exact) mass is 491 g/mol. The van der Waals surface area contributed by atoms with Crippen LogP contribution in [0.25, 0.3) is 5.57 Å². The van der Waals surface area contributed by atoms with Gasteiger partial charge in [-0.25, -0.2) is 0 Å². The van der Waals surface area contributed by atoms with E-state index < -0.39 is 58.8 Å². The molecule has 3 aliphatic carbocycles. The summed E-state index contributed by atoms with van der Waals surface area (Å²) in [7, 11) is 0. The number of phenols is 1. The zero-order chi connectivity index (χ0) is 25.9. The Morgan fingerprint density at radius 1 is 1.11 bits per heavy atom. The SMILES string of the molecule is C=C1c2cccc(O)c2C(=O)C2=C(O)[C@]3(O)C(=O)C(C(N)=O)C(O)C[C@@H]3[C@@H](OCc3ccccc3)[C@H]12. The third-order valence-electron chi connectivity index (χ3n) is 7.55. The van der Waals surface area contributed by atoms with Crippen LogP contribution in [0.1, 0.15) is 27.9 Å². The van der Waals surface area contributed by atoms with Gasteiger partial charge in [-0.3, -0.25) is 14.4 Å². The summed E-state index contributed by atoms with van der Waals surface area (Å²) in [5, 5.41) is 44.1. The summed E-state index contributed by atoms with van der Waals surface area (Å²) in [5.74, 6) is -8.48. The normalized spacial score (nSPS) is 31.5. The van der Waals surface area contributed by atoms with Gasteiger partial charge < -0.3 is 30.9 Å². The standard InChI is InChI=1S/C27H25NO8/c1-12-14-8-5-9-16(29)19(14)22(31)21-18(12)23(36-11-13-6-3-2-4-7-13)15-10-17(30)20(26(28)34)24(32)27(15,35)25(21)33/h2-9,15,17-18,20,23,29-30,33,35H,1,10-11H2,(H2,28,34)/t15-,17?,18-,20?,23-,27-/m1/s1. The summed E-state index contributed by atoms with van der Waals surface area (Å²) in [6.45, 7) is 4.13. The van der Waals surface area contributed by atoms with Gasteiger partial charge in [0.15, 0.2) is 17.2 Å². The highest BCUT2D eigenvalue weighted by atomic mass is 16.5. The number of carbonyl (C=O) groups excluding carboxylic acids is 3. The van der Waals surface area contributed by atoms with Crippen molar-refractivity contribution in [3.63, 3.8) is 0 Å². The molecule has 3 aliphatic rings. The number of carbonyl (C=O) groups is 3. The minimum absolute atomic E-state index is 0.0283. The zero-order valence-electron chi connectivity index (χ0n) is 19.1. The van der Waals surface area contributed by atoms with Gasteiger partial charge in [0.2, 0.25) is 5.91 Å². The maximum absolute atomic E-state index is 13.6. The number of ether oxygens (including phenoxy) is 1. The smallest absolute Gasteiger partial charge is 0.230 e. The van der Waals surface area contributed by atoms with E-state index in [2.05, 4.69) is 6.58 Å². The summed E-state index contributed by atoms with van der Waals surface area (Å²) < 4.78 is 6.22. The Bertz CT molecular complexity index is 1330. The fourth-order valence-corrected chi connectivity index (χ4v) is 5.84. The molecule has 9 heteroatoms. The topological polar surface area (TPSA) is 167 Å². The molecule has 0 aromatic heterocycles. The highest BCUT2D eigenvalue weighted by Crippen LogP contribution is 2.55. The first-order chi connectivity index (χ1) is 17.1. The lowest BCUT2D eigenvalue weighted by Gasteiger charge is -2.52. The van der Waals surface area contributed by atoms with E-state index in [4.69, 9.17) is 10.5 Å². The van der Waals surface area contributed by atoms with E-state index in [1.807, 2.05) is 6.07 Å². The lowest BCUT2D eigenvalue weighted by molar-refractivity contribution is -0.183. The molecular weight excluding hydrogens is 466 g/mol. The van der Waals surface area contributed by atoms with Crippen molar-refractivity contribution in [2.24, 2.45) is 23.5 Å². The number of phenolic OH excluding ortho intramolecular Hbond substituents is 1. The number of primary amides is 1. The Hall–Kier alpha value is -3.79. The molecule has 0 saturated heterocycles. The first-order valence-corrected chi connectivity index (χ1v) is 11.5. The molecule has 1 fully saturated rings. The lowest BCUT2D eigenvalue weighted by atomic mass is 9.55. The average molecular weight is 491 g/mol. The molecule has 6 N–H and O–H groups in total. The summed E-state index contributed by atoms with van der Waals surface area (Å²) in [5.41, 5.74) is 3.59. The largest absolute Gasteiger partial charge is 0.508 e. The van der Waals surface area contributed by atoms with Gasteiger partial charge in [-0.05, 0) is 29.2 Å². The number of hydrogen-bond donors (Lipinski definition) is 5. The minimum atomic E-state index is -2.72. The van der Waals surface area contributed by atoms with E-state index in [1.54, 1.807) is 36.4 Å². The van der Waals surface area contributed by atoms with E-state index >= 15 is 0 Å². The summed E-state index contributed by atoms with van der Waals surface area (Å²) >= 11 is 0. The number of hydrogen-bond acceptors (Lipinski definition) is 8. The molecular formula is C27H25NO8. The predicted octanol–water partition coefficient (Wildman–Crippen LogP) is 1.41. The van der Waals surface area contributed by atoms with Gasteiger partial charge in [0.05, 0.1) is 30.0 Å². The van der Waals surface area contributed by atoms with Gasteiger partial charge >= 0.3 is 0 Å². The molecule has 0 aliphatic heterocycles. The van der Waals surface area contributed by atoms with E-state index in [0.29, 0.717) is 11.1 Å². The van der Waals surface area contributed by atoms with Crippen molar-refractivity contribution in [1.29, 1.82) is 0 Å². The molecule has 0 heterocycles. The van der Waals surface area contributed by atoms with E-state index in [0.717, 1.165) is 5.56 Å². The maximum atomic E-state index is 13.6. The van der Waals surface area contributed by atoms with Crippen molar-refractivity contribution in [1.82, 2.24) is 0 Å². The summed E-state index contributed by atoms with van der Waals surface area (Å²) in [4.78, 5) is 39.0. The van der Waals surface area contributed by atoms with Crippen molar-refractivity contribution in [2.45, 2.75) is 30.8 Å². The van der Waals surface area contributed by atoms with Crippen LogP contribution in [-0.2, 0) is 20.9 Å². The molecule has 186 valence electrons. The number of amides is 1. The number of aromatic hydroxyl groups is 1. The molecule has 5 rings (SSSR count). The Morgan fingerprint density at radius 2 is 1.81 bits per heavy atom. The number of benzene rings is 2. The second-order valence-electron chi connectivity index (χ2n) is 9.48. The Kier molecular flexibility index (Phi) is 5.59. The molecule has 2 unspecified atom stereocenters. The second-order valence-corrected chi connectivity index (χ2v) is 9.48. The van der Waals surface area contributed by atoms with Gasteiger partial charge in [-0.1, -0.05) is 49.0 Å². The molecule has 0 radical (unpaired) electrons. The van der Waals surface area contributed by atoms with Gasteiger partial charge in [0, 0.05) is 11.8 Å². The lowest BCUT2D eigenvalue weighted by Crippen LogP contribution is -2.67. The number of ketones is 2. The number of Topliss-reactive ketones (excluding diaryl/α,β-unsaturated/α-hetero) is 2. The van der Waals surface area contributed by atoms with Crippen LogP contribution < -0.4 is 5.73 Å². The highest BCUT2D eigenvalue weighted by molar-refractivity contribution is 6.19. The molecule has 1 saturated carbocycles. The highest BCUT2D eigenvalue weighted by Gasteiger charge is 2.66. The van der Waals surface area contributed by atoms with Crippen LogP contribution in [-0.4, -0.2) is 55.7 Å². The molecule has 36 heavy (non-hydrogen) atoms. The molecule has 2 aromatic rings. The fourth-order valence-electron chi connectivity index (χ4n) is 5.84. The Labute approximate surface area is 206 Å². The third-order valence-corrected chi connectivity index (χ3v) is 7.55. The minimum Gasteiger partial charge on any atom is -0.508 e. The van der Waals surface area contributed by atoms with Crippen LogP contribution in [0.4, 0.5) is 0 Å². The third kappa shape index (κ3) is 3.24. The Balaban J connectivity index is 1.71. The van der Waals surface area contributed by atoms with E-state index in [-0.39, 0.29) is 29.9 Å². The van der Waals surface area contributed by atoms with Crippen LogP contribution in [0.15, 0.2) is 66.4 Å². The predicted molar refractivity (Wildman–Crippen MR) is 126 cm³/mol. The molecule has 6 atom stereocenters. The fraction of sp³-hybridized carbons (Fsp3) is 0.296. The van der Waals surface area contributed by atoms with Crippen LogP contribution in [0.2, 0.25) is 0 Å². The quantitative estimate of drug-likeness (QED) is 0.400. The van der Waals surface area contributed by atoms with Crippen LogP contribution in [0.5, 0.6) is 5.75 Å². The van der Waals surface area contributed by atoms with Crippen LogP contribution >= 0.6 is 0 Å². The number of nitrogens with two attached hydrogens (primary N) is 1. The van der Waals surface area contributed by atoms with Crippen molar-refractivity contribution < 1.29 is 39.5 Å². The zero-order valence-corrected chi connectivity index (χ0v) is 19.1. The van der Waals surface area contributed by atoms with Crippen molar-refractivity contribution in [2.75, 3.05) is 0 Å². The molecule has 9 nitrogen and oxygen atoms in total. The van der Waals surface area contributed by atoms with Gasteiger partial charge in [-0.15, -0.1) is 0 Å². The first-order valence-electron chi connectivity index (χ1n) is 11.5. The number of rotatable bonds is 4. The first kappa shape index (κ1) is 23.9. The van der Waals surface area contributed by atoms with Crippen molar-refractivity contribution >= 4 is 23.0 Å². The number of fused-ring (bicyclic) bond motifs is 3.